The largest absolute Gasteiger partial charge is 0.573 e. The number of methoxy groups -OCH3 is 1. The van der Waals surface area contributed by atoms with Gasteiger partial charge in [0.15, 0.2) is 0 Å². The Bertz CT molecular complexity index is 933. The molecule has 0 fully saturated rings. The first-order valence-electron chi connectivity index (χ1n) is 8.11. The quantitative estimate of drug-likeness (QED) is 0.523. The van der Waals surface area contributed by atoms with Crippen LogP contribution < -0.4 is 9.47 Å². The summed E-state index contributed by atoms with van der Waals surface area (Å²) in [6.45, 7) is 2.41. The SMILES string of the molecule is COc1cccc(C)c1-c1cc(Cl)cn1Cc1ccc(OC(F)(F)F)cc1. The van der Waals surface area contributed by atoms with E-state index in [0.29, 0.717) is 11.6 Å². The Morgan fingerprint density at radius 2 is 1.78 bits per heavy atom. The van der Waals surface area contributed by atoms with Gasteiger partial charge >= 0.3 is 6.36 Å². The Morgan fingerprint density at radius 3 is 2.41 bits per heavy atom. The van der Waals surface area contributed by atoms with E-state index < -0.39 is 6.36 Å². The molecule has 27 heavy (non-hydrogen) atoms. The summed E-state index contributed by atoms with van der Waals surface area (Å²) in [5, 5.41) is 0.562. The summed E-state index contributed by atoms with van der Waals surface area (Å²) < 4.78 is 48.2. The molecule has 0 radical (unpaired) electrons. The Hall–Kier alpha value is -2.60. The molecule has 3 rings (SSSR count). The van der Waals surface area contributed by atoms with E-state index in [2.05, 4.69) is 4.74 Å². The van der Waals surface area contributed by atoms with Gasteiger partial charge in [-0.2, -0.15) is 0 Å². The molecule has 0 aliphatic carbocycles. The average molecular weight is 396 g/mol. The van der Waals surface area contributed by atoms with Crippen LogP contribution in [0.5, 0.6) is 11.5 Å². The number of hydrogen-bond acceptors (Lipinski definition) is 2. The van der Waals surface area contributed by atoms with E-state index in [1.165, 1.54) is 12.1 Å². The normalized spacial score (nSPS) is 11.5. The minimum Gasteiger partial charge on any atom is -0.496 e. The van der Waals surface area contributed by atoms with Crippen LogP contribution in [0.2, 0.25) is 5.02 Å². The highest BCUT2D eigenvalue weighted by Gasteiger charge is 2.30. The smallest absolute Gasteiger partial charge is 0.496 e. The van der Waals surface area contributed by atoms with Crippen molar-refractivity contribution in [1.29, 1.82) is 0 Å². The Labute approximate surface area is 159 Å². The molecule has 142 valence electrons. The number of aromatic nitrogens is 1. The Kier molecular flexibility index (Phi) is 5.37. The molecule has 7 heteroatoms. The van der Waals surface area contributed by atoms with Crippen LogP contribution in [0, 0.1) is 6.92 Å². The van der Waals surface area contributed by atoms with E-state index >= 15 is 0 Å². The van der Waals surface area contributed by atoms with Crippen LogP contribution in [0.3, 0.4) is 0 Å². The van der Waals surface area contributed by atoms with Gasteiger partial charge in [-0.15, -0.1) is 13.2 Å². The zero-order valence-electron chi connectivity index (χ0n) is 14.7. The Morgan fingerprint density at radius 1 is 1.07 bits per heavy atom. The van der Waals surface area contributed by atoms with E-state index in [4.69, 9.17) is 16.3 Å². The van der Waals surface area contributed by atoms with Crippen molar-refractivity contribution in [2.75, 3.05) is 7.11 Å². The van der Waals surface area contributed by atoms with Crippen molar-refractivity contribution in [3.8, 4) is 22.8 Å². The summed E-state index contributed by atoms with van der Waals surface area (Å²) in [6.07, 6.45) is -2.92. The van der Waals surface area contributed by atoms with E-state index in [-0.39, 0.29) is 5.75 Å². The first-order chi connectivity index (χ1) is 12.8. The maximum atomic E-state index is 12.3. The lowest BCUT2D eigenvalue weighted by atomic mass is 10.0. The van der Waals surface area contributed by atoms with E-state index in [1.54, 1.807) is 25.4 Å². The van der Waals surface area contributed by atoms with Crippen molar-refractivity contribution in [2.45, 2.75) is 19.8 Å². The van der Waals surface area contributed by atoms with Crippen molar-refractivity contribution in [1.82, 2.24) is 4.57 Å². The molecule has 3 aromatic rings. The second kappa shape index (κ2) is 7.56. The minimum absolute atomic E-state index is 0.252. The predicted octanol–water partition coefficient (Wildman–Crippen LogP) is 6.07. The van der Waals surface area contributed by atoms with Crippen LogP contribution in [-0.2, 0) is 6.54 Å². The van der Waals surface area contributed by atoms with Gasteiger partial charge in [0.2, 0.25) is 0 Å². The Balaban J connectivity index is 1.92. The molecular weight excluding hydrogens is 379 g/mol. The highest BCUT2D eigenvalue weighted by molar-refractivity contribution is 6.30. The lowest BCUT2D eigenvalue weighted by Crippen LogP contribution is -2.17. The zero-order valence-corrected chi connectivity index (χ0v) is 15.4. The minimum atomic E-state index is -4.70. The van der Waals surface area contributed by atoms with Crippen LogP contribution in [0.4, 0.5) is 13.2 Å². The van der Waals surface area contributed by atoms with Gasteiger partial charge in [-0.05, 0) is 42.3 Å². The maximum absolute atomic E-state index is 12.3. The molecule has 0 aliphatic rings. The summed E-state index contributed by atoms with van der Waals surface area (Å²) in [6, 6.07) is 13.4. The van der Waals surface area contributed by atoms with Crippen molar-refractivity contribution in [3.05, 3.63) is 70.9 Å². The summed E-state index contributed by atoms with van der Waals surface area (Å²) in [5.74, 6) is 0.470. The van der Waals surface area contributed by atoms with Gasteiger partial charge in [0, 0.05) is 18.3 Å². The number of rotatable bonds is 5. The molecule has 1 heterocycles. The second-order valence-corrected chi connectivity index (χ2v) is 6.45. The van der Waals surface area contributed by atoms with Gasteiger partial charge in [0.1, 0.15) is 11.5 Å². The van der Waals surface area contributed by atoms with Crippen molar-refractivity contribution < 1.29 is 22.6 Å². The molecule has 0 N–H and O–H groups in total. The molecule has 2 aromatic carbocycles. The summed E-state index contributed by atoms with van der Waals surface area (Å²) in [5.41, 5.74) is 3.62. The van der Waals surface area contributed by atoms with Gasteiger partial charge < -0.3 is 14.0 Å². The number of benzene rings is 2. The molecular formula is C20H17ClF3NO2. The fourth-order valence-electron chi connectivity index (χ4n) is 2.95. The van der Waals surface area contributed by atoms with Crippen LogP contribution in [-0.4, -0.2) is 18.0 Å². The van der Waals surface area contributed by atoms with Crippen molar-refractivity contribution >= 4 is 11.6 Å². The van der Waals surface area contributed by atoms with E-state index in [0.717, 1.165) is 28.1 Å². The topological polar surface area (TPSA) is 23.4 Å². The van der Waals surface area contributed by atoms with Crippen LogP contribution in [0.25, 0.3) is 11.3 Å². The lowest BCUT2D eigenvalue weighted by Gasteiger charge is -2.15. The number of hydrogen-bond donors (Lipinski definition) is 0. The van der Waals surface area contributed by atoms with Crippen molar-refractivity contribution in [2.24, 2.45) is 0 Å². The first-order valence-corrected chi connectivity index (χ1v) is 8.49. The van der Waals surface area contributed by atoms with Gasteiger partial charge in [0.05, 0.1) is 17.8 Å². The van der Waals surface area contributed by atoms with Crippen LogP contribution in [0.15, 0.2) is 54.7 Å². The fourth-order valence-corrected chi connectivity index (χ4v) is 3.17. The third-order valence-electron chi connectivity index (χ3n) is 4.08. The second-order valence-electron chi connectivity index (χ2n) is 6.02. The summed E-state index contributed by atoms with van der Waals surface area (Å²) in [7, 11) is 1.60. The zero-order chi connectivity index (χ0) is 19.6. The van der Waals surface area contributed by atoms with Gasteiger partial charge in [-0.1, -0.05) is 35.9 Å². The number of alkyl halides is 3. The van der Waals surface area contributed by atoms with E-state index in [9.17, 15) is 13.2 Å². The maximum Gasteiger partial charge on any atom is 0.573 e. The van der Waals surface area contributed by atoms with Crippen LogP contribution >= 0.6 is 11.6 Å². The van der Waals surface area contributed by atoms with Crippen LogP contribution in [0.1, 0.15) is 11.1 Å². The highest BCUT2D eigenvalue weighted by Crippen LogP contribution is 2.35. The third-order valence-corrected chi connectivity index (χ3v) is 4.29. The van der Waals surface area contributed by atoms with Gasteiger partial charge in [-0.3, -0.25) is 0 Å². The molecule has 0 saturated carbocycles. The number of aryl methyl sites for hydroxylation is 1. The average Bonchev–Trinajstić information content (AvgIpc) is 2.95. The predicted molar refractivity (Wildman–Crippen MR) is 98.4 cm³/mol. The molecule has 3 nitrogen and oxygen atoms in total. The molecule has 0 atom stereocenters. The number of halogens is 4. The molecule has 0 amide bonds. The van der Waals surface area contributed by atoms with Crippen molar-refractivity contribution in [3.63, 3.8) is 0 Å². The molecule has 0 unspecified atom stereocenters. The third kappa shape index (κ3) is 4.57. The highest BCUT2D eigenvalue weighted by atomic mass is 35.5. The molecule has 0 bridgehead atoms. The molecule has 0 aliphatic heterocycles. The lowest BCUT2D eigenvalue weighted by molar-refractivity contribution is -0.274. The number of ether oxygens (including phenoxy) is 2. The van der Waals surface area contributed by atoms with E-state index in [1.807, 2.05) is 35.8 Å². The van der Waals surface area contributed by atoms with Gasteiger partial charge in [0.25, 0.3) is 0 Å². The standard InChI is InChI=1S/C20H17ClF3NO2/c1-13-4-3-5-18(26-2)19(13)17-10-15(21)12-25(17)11-14-6-8-16(9-7-14)27-20(22,23)24/h3-10,12H,11H2,1-2H3. The monoisotopic (exact) mass is 395 g/mol. The summed E-state index contributed by atoms with van der Waals surface area (Å²) in [4.78, 5) is 0. The van der Waals surface area contributed by atoms with Gasteiger partial charge in [-0.25, -0.2) is 0 Å². The number of nitrogens with zero attached hydrogens (tertiary/aromatic N) is 1. The molecule has 0 spiro atoms. The first kappa shape index (κ1) is 19.2. The molecule has 0 saturated heterocycles. The molecule has 1 aromatic heterocycles. The fraction of sp³-hybridized carbons (Fsp3) is 0.200. The summed E-state index contributed by atoms with van der Waals surface area (Å²) >= 11 is 6.22.